The van der Waals surface area contributed by atoms with Crippen LogP contribution in [0.5, 0.6) is 0 Å². The summed E-state index contributed by atoms with van der Waals surface area (Å²) in [6.07, 6.45) is 1.77. The summed E-state index contributed by atoms with van der Waals surface area (Å²) in [7, 11) is 0. The number of pyridine rings is 1. The second-order valence-electron chi connectivity index (χ2n) is 4.34. The summed E-state index contributed by atoms with van der Waals surface area (Å²) >= 11 is 3.25. The minimum atomic E-state index is 0.0204. The quantitative estimate of drug-likeness (QED) is 0.746. The summed E-state index contributed by atoms with van der Waals surface area (Å²) in [5.74, 6) is 0.0204. The van der Waals surface area contributed by atoms with Crippen LogP contribution in [0.4, 0.5) is 0 Å². The molecule has 0 saturated carbocycles. The number of carbonyl (C=O) groups excluding carboxylic acids is 1. The normalized spacial score (nSPS) is 24.8. The van der Waals surface area contributed by atoms with Crippen LogP contribution in [0.1, 0.15) is 24.2 Å². The molecule has 1 fully saturated rings. The van der Waals surface area contributed by atoms with Gasteiger partial charge in [0.25, 0.3) is 5.91 Å². The van der Waals surface area contributed by atoms with E-state index in [1.54, 1.807) is 18.3 Å². The van der Waals surface area contributed by atoms with Crippen LogP contribution in [0, 0.1) is 0 Å². The third-order valence-corrected chi connectivity index (χ3v) is 3.15. The van der Waals surface area contributed by atoms with Gasteiger partial charge in [0.2, 0.25) is 0 Å². The number of morpholine rings is 1. The van der Waals surface area contributed by atoms with Crippen LogP contribution >= 0.6 is 15.9 Å². The van der Waals surface area contributed by atoms with Crippen molar-refractivity contribution in [3.05, 3.63) is 28.5 Å². The number of halogens is 1. The van der Waals surface area contributed by atoms with Crippen LogP contribution in [0.15, 0.2) is 22.9 Å². The number of amides is 1. The highest BCUT2D eigenvalue weighted by Gasteiger charge is 2.26. The predicted molar refractivity (Wildman–Crippen MR) is 67.8 cm³/mol. The van der Waals surface area contributed by atoms with Crippen LogP contribution in [-0.2, 0) is 4.74 Å². The molecular weight excluding hydrogens is 284 g/mol. The molecule has 17 heavy (non-hydrogen) atoms. The third-order valence-electron chi connectivity index (χ3n) is 2.68. The molecule has 4 nitrogen and oxygen atoms in total. The van der Waals surface area contributed by atoms with E-state index < -0.39 is 0 Å². The Morgan fingerprint density at radius 1 is 1.41 bits per heavy atom. The van der Waals surface area contributed by atoms with Crippen LogP contribution in [-0.4, -0.2) is 41.1 Å². The molecule has 0 aliphatic carbocycles. The van der Waals surface area contributed by atoms with E-state index in [0.717, 1.165) is 4.60 Å². The summed E-state index contributed by atoms with van der Waals surface area (Å²) in [6.45, 7) is 5.24. The van der Waals surface area contributed by atoms with Crippen molar-refractivity contribution in [1.29, 1.82) is 0 Å². The summed E-state index contributed by atoms with van der Waals surface area (Å²) in [4.78, 5) is 18.1. The molecule has 0 unspecified atom stereocenters. The van der Waals surface area contributed by atoms with Gasteiger partial charge < -0.3 is 9.64 Å². The Kier molecular flexibility index (Phi) is 3.79. The minimum Gasteiger partial charge on any atom is -0.372 e. The first-order valence-electron chi connectivity index (χ1n) is 5.62. The van der Waals surface area contributed by atoms with Crippen LogP contribution in [0.2, 0.25) is 0 Å². The molecule has 0 bridgehead atoms. The number of rotatable bonds is 1. The fraction of sp³-hybridized carbons (Fsp3) is 0.500. The van der Waals surface area contributed by atoms with Gasteiger partial charge in [0.1, 0.15) is 4.60 Å². The first-order valence-corrected chi connectivity index (χ1v) is 6.42. The zero-order valence-corrected chi connectivity index (χ0v) is 11.5. The third kappa shape index (κ3) is 3.04. The maximum absolute atomic E-state index is 12.2. The average Bonchev–Trinajstić information content (AvgIpc) is 2.28. The Labute approximate surface area is 109 Å². The van der Waals surface area contributed by atoms with Gasteiger partial charge in [-0.15, -0.1) is 0 Å². The molecule has 0 spiro atoms. The van der Waals surface area contributed by atoms with E-state index in [1.165, 1.54) is 0 Å². The first kappa shape index (κ1) is 12.5. The number of hydrogen-bond donors (Lipinski definition) is 0. The van der Waals surface area contributed by atoms with E-state index in [9.17, 15) is 4.79 Å². The van der Waals surface area contributed by atoms with Gasteiger partial charge in [-0.05, 0) is 41.9 Å². The molecule has 1 saturated heterocycles. The predicted octanol–water partition coefficient (Wildman–Crippen LogP) is 2.09. The van der Waals surface area contributed by atoms with Crippen LogP contribution < -0.4 is 0 Å². The molecule has 1 aromatic heterocycles. The van der Waals surface area contributed by atoms with Crippen molar-refractivity contribution < 1.29 is 9.53 Å². The van der Waals surface area contributed by atoms with Gasteiger partial charge in [-0.25, -0.2) is 4.98 Å². The first-order chi connectivity index (χ1) is 8.06. The van der Waals surface area contributed by atoms with E-state index in [-0.39, 0.29) is 18.1 Å². The van der Waals surface area contributed by atoms with Gasteiger partial charge in [-0.2, -0.15) is 0 Å². The number of hydrogen-bond acceptors (Lipinski definition) is 3. The monoisotopic (exact) mass is 298 g/mol. The number of ether oxygens (including phenoxy) is 1. The maximum atomic E-state index is 12.2. The van der Waals surface area contributed by atoms with Gasteiger partial charge in [0.15, 0.2) is 0 Å². The molecule has 2 atom stereocenters. The minimum absolute atomic E-state index is 0.0204. The van der Waals surface area contributed by atoms with Crippen molar-refractivity contribution in [3.8, 4) is 0 Å². The fourth-order valence-electron chi connectivity index (χ4n) is 2.03. The SMILES string of the molecule is C[C@@H]1CN(C(=O)c2ccc(Br)nc2)C[C@@H](C)O1. The summed E-state index contributed by atoms with van der Waals surface area (Å²) in [5, 5.41) is 0. The van der Waals surface area contributed by atoms with Gasteiger partial charge >= 0.3 is 0 Å². The van der Waals surface area contributed by atoms with Crippen molar-refractivity contribution in [1.82, 2.24) is 9.88 Å². The summed E-state index contributed by atoms with van der Waals surface area (Å²) < 4.78 is 6.34. The van der Waals surface area contributed by atoms with E-state index in [4.69, 9.17) is 4.74 Å². The van der Waals surface area contributed by atoms with E-state index in [1.807, 2.05) is 18.7 Å². The van der Waals surface area contributed by atoms with Crippen molar-refractivity contribution in [2.24, 2.45) is 0 Å². The summed E-state index contributed by atoms with van der Waals surface area (Å²) in [5.41, 5.74) is 0.620. The van der Waals surface area contributed by atoms with E-state index >= 15 is 0 Å². The highest BCUT2D eigenvalue weighted by molar-refractivity contribution is 9.10. The molecule has 1 aromatic rings. The standard InChI is InChI=1S/C12H15BrN2O2/c1-8-6-15(7-9(2)17-8)12(16)10-3-4-11(13)14-5-10/h3-5,8-9H,6-7H2,1-2H3/t8-,9-/m1/s1. The lowest BCUT2D eigenvalue weighted by Crippen LogP contribution is -2.48. The lowest BCUT2D eigenvalue weighted by Gasteiger charge is -2.35. The van der Waals surface area contributed by atoms with Gasteiger partial charge in [0, 0.05) is 19.3 Å². The van der Waals surface area contributed by atoms with E-state index in [0.29, 0.717) is 18.7 Å². The number of aromatic nitrogens is 1. The number of carbonyl (C=O) groups is 1. The smallest absolute Gasteiger partial charge is 0.255 e. The van der Waals surface area contributed by atoms with Gasteiger partial charge in [0.05, 0.1) is 17.8 Å². The second kappa shape index (κ2) is 5.14. The molecule has 1 aliphatic heterocycles. The Bertz CT molecular complexity index is 397. The average molecular weight is 299 g/mol. The Balaban J connectivity index is 2.11. The summed E-state index contributed by atoms with van der Waals surface area (Å²) in [6, 6.07) is 3.56. The molecule has 0 N–H and O–H groups in total. The largest absolute Gasteiger partial charge is 0.372 e. The van der Waals surface area contributed by atoms with Gasteiger partial charge in [-0.3, -0.25) is 4.79 Å². The van der Waals surface area contributed by atoms with Crippen LogP contribution in [0.25, 0.3) is 0 Å². The lowest BCUT2D eigenvalue weighted by molar-refractivity contribution is -0.0586. The zero-order chi connectivity index (χ0) is 12.4. The topological polar surface area (TPSA) is 42.4 Å². The Hall–Kier alpha value is -0.940. The molecule has 1 aliphatic rings. The molecule has 0 radical (unpaired) electrons. The van der Waals surface area contributed by atoms with Crippen molar-refractivity contribution >= 4 is 21.8 Å². The molecule has 2 rings (SSSR count). The Morgan fingerprint density at radius 3 is 2.59 bits per heavy atom. The van der Waals surface area contributed by atoms with Crippen molar-refractivity contribution in [2.75, 3.05) is 13.1 Å². The molecule has 1 amide bonds. The Morgan fingerprint density at radius 2 is 2.06 bits per heavy atom. The van der Waals surface area contributed by atoms with Crippen LogP contribution in [0.3, 0.4) is 0 Å². The van der Waals surface area contributed by atoms with E-state index in [2.05, 4.69) is 20.9 Å². The maximum Gasteiger partial charge on any atom is 0.255 e. The van der Waals surface area contributed by atoms with Crippen molar-refractivity contribution in [3.63, 3.8) is 0 Å². The molecular formula is C12H15BrN2O2. The highest BCUT2D eigenvalue weighted by atomic mass is 79.9. The van der Waals surface area contributed by atoms with Gasteiger partial charge in [-0.1, -0.05) is 0 Å². The fourth-order valence-corrected chi connectivity index (χ4v) is 2.26. The molecule has 2 heterocycles. The molecule has 5 heteroatoms. The molecule has 0 aromatic carbocycles. The van der Waals surface area contributed by atoms with Crippen molar-refractivity contribution in [2.45, 2.75) is 26.1 Å². The lowest BCUT2D eigenvalue weighted by atomic mass is 10.2. The zero-order valence-electron chi connectivity index (χ0n) is 9.89. The second-order valence-corrected chi connectivity index (χ2v) is 5.15. The highest BCUT2D eigenvalue weighted by Crippen LogP contribution is 2.15. The number of nitrogens with zero attached hydrogens (tertiary/aromatic N) is 2. The molecule has 92 valence electrons.